The van der Waals surface area contributed by atoms with Crippen LogP contribution in [-0.2, 0) is 4.74 Å². The summed E-state index contributed by atoms with van der Waals surface area (Å²) in [5.74, 6) is 0. The van der Waals surface area contributed by atoms with Gasteiger partial charge >= 0.3 is 11.7 Å². The number of aliphatic hydroxyl groups is 2. The Labute approximate surface area is 121 Å². The van der Waals surface area contributed by atoms with Gasteiger partial charge in [0.15, 0.2) is 6.23 Å². The number of nitrogens with zero attached hydrogens (tertiary/aromatic N) is 2. The van der Waals surface area contributed by atoms with E-state index in [0.717, 1.165) is 16.8 Å². The molecule has 2 heterocycles. The molecule has 4 atom stereocenters. The minimum atomic E-state index is -1.46. The van der Waals surface area contributed by atoms with Gasteiger partial charge in [-0.05, 0) is 0 Å². The summed E-state index contributed by atoms with van der Waals surface area (Å²) in [6.07, 6.45) is -4.01. The first kappa shape index (κ1) is 15.8. The third-order valence-electron chi connectivity index (χ3n) is 3.07. The number of nitrogens with one attached hydrogen (secondary N) is 3. The second kappa shape index (κ2) is 6.46. The number of carbonyl (C=O) groups excluding carboxylic acids is 1. The first-order chi connectivity index (χ1) is 10.4. The minimum Gasteiger partial charge on any atom is -0.387 e. The SMILES string of the molecule is O=NNC(=O)NCC1OC(n2ccc(=O)[nH]c2=O)C(O)C1O. The lowest BCUT2D eigenvalue weighted by molar-refractivity contribution is -0.0385. The topological polar surface area (TPSA) is 175 Å². The molecule has 0 aliphatic carbocycles. The lowest BCUT2D eigenvalue weighted by atomic mass is 10.1. The maximum atomic E-state index is 11.6. The number of hydrogen-bond donors (Lipinski definition) is 5. The van der Waals surface area contributed by atoms with Crippen LogP contribution in [0.15, 0.2) is 27.1 Å². The zero-order chi connectivity index (χ0) is 16.3. The van der Waals surface area contributed by atoms with Crippen molar-refractivity contribution in [2.45, 2.75) is 24.5 Å². The molecule has 0 aromatic carbocycles. The van der Waals surface area contributed by atoms with Crippen molar-refractivity contribution in [3.63, 3.8) is 0 Å². The summed E-state index contributed by atoms with van der Waals surface area (Å²) < 4.78 is 6.22. The summed E-state index contributed by atoms with van der Waals surface area (Å²) in [6, 6.07) is 0.142. The first-order valence-electron chi connectivity index (χ1n) is 6.13. The Bertz CT molecular complexity index is 670. The molecule has 1 aliphatic heterocycles. The number of aromatic nitrogens is 2. The van der Waals surface area contributed by atoms with Crippen molar-refractivity contribution in [2.75, 3.05) is 6.54 Å². The van der Waals surface area contributed by atoms with Crippen molar-refractivity contribution in [2.24, 2.45) is 5.29 Å². The van der Waals surface area contributed by atoms with Crippen LogP contribution in [0.25, 0.3) is 0 Å². The van der Waals surface area contributed by atoms with Crippen LogP contribution in [0, 0.1) is 4.91 Å². The van der Waals surface area contributed by atoms with Gasteiger partial charge in [0, 0.05) is 18.8 Å². The van der Waals surface area contributed by atoms with Crippen molar-refractivity contribution in [1.29, 1.82) is 0 Å². The van der Waals surface area contributed by atoms with E-state index in [1.165, 1.54) is 0 Å². The highest BCUT2D eigenvalue weighted by Crippen LogP contribution is 2.27. The van der Waals surface area contributed by atoms with Crippen LogP contribution in [0.5, 0.6) is 0 Å². The Kier molecular flexibility index (Phi) is 4.65. The largest absolute Gasteiger partial charge is 0.387 e. The van der Waals surface area contributed by atoms with E-state index >= 15 is 0 Å². The number of H-pyrrole nitrogens is 1. The van der Waals surface area contributed by atoms with E-state index in [2.05, 4.69) is 10.6 Å². The highest BCUT2D eigenvalue weighted by atomic mass is 16.6. The predicted molar refractivity (Wildman–Crippen MR) is 69.6 cm³/mol. The minimum absolute atomic E-state index is 0.242. The van der Waals surface area contributed by atoms with Crippen LogP contribution < -0.4 is 22.0 Å². The first-order valence-corrected chi connectivity index (χ1v) is 6.13. The van der Waals surface area contributed by atoms with Gasteiger partial charge in [-0.15, -0.1) is 4.91 Å². The molecule has 4 unspecified atom stereocenters. The molecule has 12 heteroatoms. The Balaban J connectivity index is 2.09. The second-order valence-corrected chi connectivity index (χ2v) is 4.48. The molecular formula is C10H13N5O7. The van der Waals surface area contributed by atoms with E-state index in [1.54, 1.807) is 5.43 Å². The average molecular weight is 315 g/mol. The van der Waals surface area contributed by atoms with Crippen LogP contribution in [0.3, 0.4) is 0 Å². The lowest BCUT2D eigenvalue weighted by Crippen LogP contribution is -2.42. The van der Waals surface area contributed by atoms with E-state index < -0.39 is 41.8 Å². The van der Waals surface area contributed by atoms with Gasteiger partial charge in [0.25, 0.3) is 5.56 Å². The molecule has 0 bridgehead atoms. The Morgan fingerprint density at radius 3 is 2.77 bits per heavy atom. The number of ether oxygens (including phenoxy) is 1. The quantitative estimate of drug-likeness (QED) is 0.293. The molecule has 0 saturated carbocycles. The summed E-state index contributed by atoms with van der Waals surface area (Å²) in [5.41, 5.74) is 0.139. The molecule has 1 fully saturated rings. The fourth-order valence-electron chi connectivity index (χ4n) is 2.03. The molecule has 2 rings (SSSR count). The number of carbonyl (C=O) groups is 1. The highest BCUT2D eigenvalue weighted by Gasteiger charge is 2.44. The zero-order valence-corrected chi connectivity index (χ0v) is 11.0. The highest BCUT2D eigenvalue weighted by molar-refractivity contribution is 5.73. The van der Waals surface area contributed by atoms with Crippen molar-refractivity contribution in [3.8, 4) is 0 Å². The van der Waals surface area contributed by atoms with E-state index in [0.29, 0.717) is 0 Å². The molecular weight excluding hydrogens is 302 g/mol. The van der Waals surface area contributed by atoms with Crippen LogP contribution in [0.2, 0.25) is 0 Å². The van der Waals surface area contributed by atoms with Gasteiger partial charge in [0.2, 0.25) is 0 Å². The number of urea groups is 1. The molecule has 1 aromatic rings. The van der Waals surface area contributed by atoms with Gasteiger partial charge in [0.1, 0.15) is 18.3 Å². The molecule has 12 nitrogen and oxygen atoms in total. The molecule has 0 spiro atoms. The van der Waals surface area contributed by atoms with E-state index in [4.69, 9.17) is 4.74 Å². The summed E-state index contributed by atoms with van der Waals surface area (Å²) in [6.45, 7) is -0.242. The third kappa shape index (κ3) is 3.19. The summed E-state index contributed by atoms with van der Waals surface area (Å²) in [7, 11) is 0. The molecule has 0 radical (unpaired) electrons. The maximum Gasteiger partial charge on any atom is 0.337 e. The molecule has 1 aliphatic rings. The Morgan fingerprint density at radius 2 is 2.14 bits per heavy atom. The number of amides is 2. The van der Waals surface area contributed by atoms with E-state index in [9.17, 15) is 29.5 Å². The molecule has 1 aromatic heterocycles. The standard InChI is InChI=1S/C10H13N5O7/c16-5-1-2-15(10(20)12-5)8-7(18)6(17)4(22-8)3-11-9(19)13-14-21/h1-2,4,6-8,17-18H,3H2,(H,12,16,20)(H2,11,13,19,21). The van der Waals surface area contributed by atoms with Crippen molar-refractivity contribution >= 4 is 6.03 Å². The number of aromatic amines is 1. The van der Waals surface area contributed by atoms with Crippen molar-refractivity contribution in [1.82, 2.24) is 20.3 Å². The fraction of sp³-hybridized carbons (Fsp3) is 0.500. The van der Waals surface area contributed by atoms with Gasteiger partial charge in [-0.2, -0.15) is 5.43 Å². The summed E-state index contributed by atoms with van der Waals surface area (Å²) in [5, 5.41) is 24.1. The normalized spacial score (nSPS) is 27.4. The molecule has 5 N–H and O–H groups in total. The average Bonchev–Trinajstić information content (AvgIpc) is 2.74. The molecule has 120 valence electrons. The van der Waals surface area contributed by atoms with E-state index in [-0.39, 0.29) is 6.54 Å². The van der Waals surface area contributed by atoms with Gasteiger partial charge in [-0.3, -0.25) is 14.3 Å². The summed E-state index contributed by atoms with van der Waals surface area (Å²) >= 11 is 0. The zero-order valence-electron chi connectivity index (χ0n) is 11.0. The van der Waals surface area contributed by atoms with E-state index in [1.807, 2.05) is 4.98 Å². The van der Waals surface area contributed by atoms with Crippen LogP contribution in [0.4, 0.5) is 4.79 Å². The summed E-state index contributed by atoms with van der Waals surface area (Å²) in [4.78, 5) is 45.5. The monoisotopic (exact) mass is 315 g/mol. The number of rotatable bonds is 4. The maximum absolute atomic E-state index is 11.6. The van der Waals surface area contributed by atoms with Gasteiger partial charge in [-0.25, -0.2) is 9.59 Å². The molecule has 1 saturated heterocycles. The second-order valence-electron chi connectivity index (χ2n) is 4.48. The van der Waals surface area contributed by atoms with Crippen LogP contribution in [0.1, 0.15) is 6.23 Å². The van der Waals surface area contributed by atoms with Crippen LogP contribution in [-0.4, -0.2) is 50.7 Å². The van der Waals surface area contributed by atoms with Crippen molar-refractivity contribution < 1.29 is 19.7 Å². The third-order valence-corrected chi connectivity index (χ3v) is 3.07. The number of nitroso groups, excluding NO2 is 1. The number of hydrogen-bond acceptors (Lipinski definition) is 8. The van der Waals surface area contributed by atoms with Gasteiger partial charge in [0.05, 0.1) is 5.29 Å². The predicted octanol–water partition coefficient (Wildman–Crippen LogP) is -2.86. The Hall–Kier alpha value is -2.57. The number of aliphatic hydroxyl groups excluding tert-OH is 2. The molecule has 22 heavy (non-hydrogen) atoms. The van der Waals surface area contributed by atoms with Crippen LogP contribution >= 0.6 is 0 Å². The van der Waals surface area contributed by atoms with Crippen molar-refractivity contribution in [3.05, 3.63) is 38.0 Å². The lowest BCUT2D eigenvalue weighted by Gasteiger charge is -2.16. The molecule has 2 amide bonds. The smallest absolute Gasteiger partial charge is 0.337 e. The fourth-order valence-corrected chi connectivity index (χ4v) is 2.03. The van der Waals surface area contributed by atoms with Gasteiger partial charge in [-0.1, -0.05) is 0 Å². The van der Waals surface area contributed by atoms with Gasteiger partial charge < -0.3 is 20.3 Å². The Morgan fingerprint density at radius 1 is 1.41 bits per heavy atom.